The van der Waals surface area contributed by atoms with E-state index in [2.05, 4.69) is 25.8 Å². The number of methoxy groups -OCH3 is 1. The van der Waals surface area contributed by atoms with Crippen molar-refractivity contribution < 1.29 is 9.47 Å². The van der Waals surface area contributed by atoms with Crippen molar-refractivity contribution in [2.75, 3.05) is 20.7 Å². The van der Waals surface area contributed by atoms with Crippen molar-refractivity contribution in [2.45, 2.75) is 26.5 Å². The molecule has 2 aromatic rings. The van der Waals surface area contributed by atoms with Crippen molar-refractivity contribution >= 4 is 29.9 Å². The van der Waals surface area contributed by atoms with E-state index in [0.29, 0.717) is 19.0 Å². The second-order valence-electron chi connectivity index (χ2n) is 5.61. The van der Waals surface area contributed by atoms with Gasteiger partial charge in [-0.1, -0.05) is 12.1 Å². The minimum Gasteiger partial charge on any atom is -0.493 e. The number of aliphatic imine (C=N–C) groups is 1. The van der Waals surface area contributed by atoms with Crippen LogP contribution in [0.2, 0.25) is 0 Å². The first-order valence-electron chi connectivity index (χ1n) is 8.14. The van der Waals surface area contributed by atoms with E-state index < -0.39 is 0 Å². The monoisotopic (exact) mass is 474 g/mol. The molecule has 2 rings (SSSR count). The molecule has 0 fully saturated rings. The molecule has 8 nitrogen and oxygen atoms in total. The van der Waals surface area contributed by atoms with Gasteiger partial charge in [0, 0.05) is 14.1 Å². The summed E-state index contributed by atoms with van der Waals surface area (Å²) >= 11 is 0. The molecule has 0 saturated heterocycles. The van der Waals surface area contributed by atoms with Gasteiger partial charge in [-0.05, 0) is 26.0 Å². The molecule has 0 aliphatic rings. The van der Waals surface area contributed by atoms with Crippen LogP contribution >= 0.6 is 24.0 Å². The second-order valence-corrected chi connectivity index (χ2v) is 5.61. The highest BCUT2D eigenvalue weighted by molar-refractivity contribution is 14.0. The number of aromatic nitrogens is 3. The maximum Gasteiger partial charge on any atom is 0.191 e. The lowest BCUT2D eigenvalue weighted by Gasteiger charge is -2.19. The predicted octanol–water partition coefficient (Wildman–Crippen LogP) is 1.88. The summed E-state index contributed by atoms with van der Waals surface area (Å²) in [6, 6.07) is 7.59. The van der Waals surface area contributed by atoms with Crippen LogP contribution in [0.1, 0.15) is 18.6 Å². The van der Waals surface area contributed by atoms with Gasteiger partial charge in [-0.25, -0.2) is 0 Å². The molecule has 0 aliphatic heterocycles. The first-order valence-corrected chi connectivity index (χ1v) is 8.14. The molecule has 144 valence electrons. The van der Waals surface area contributed by atoms with Gasteiger partial charge in [0.25, 0.3) is 0 Å². The Hall–Kier alpha value is -2.04. The quantitative estimate of drug-likeness (QED) is 0.362. The SMILES string of the molecule is CN=C(NCc1nnc(C)n1C)NCC(C)Oc1ccccc1OC.I. The number of hydrogen-bond donors (Lipinski definition) is 2. The fraction of sp³-hybridized carbons (Fsp3) is 0.471. The Morgan fingerprint density at radius 2 is 1.92 bits per heavy atom. The van der Waals surface area contributed by atoms with E-state index >= 15 is 0 Å². The molecule has 0 bridgehead atoms. The van der Waals surface area contributed by atoms with E-state index in [1.54, 1.807) is 14.2 Å². The third kappa shape index (κ3) is 6.04. The summed E-state index contributed by atoms with van der Waals surface area (Å²) in [7, 11) is 5.29. The van der Waals surface area contributed by atoms with Crippen molar-refractivity contribution in [1.29, 1.82) is 0 Å². The van der Waals surface area contributed by atoms with E-state index in [9.17, 15) is 0 Å². The number of guanidine groups is 1. The standard InChI is InChI=1S/C17H26N6O2.HI/c1-12(25-15-9-7-6-8-14(15)24-5)10-19-17(18-3)20-11-16-22-21-13(2)23(16)4;/h6-9,12H,10-11H2,1-5H3,(H2,18,19,20);1H. The van der Waals surface area contributed by atoms with Crippen LogP contribution in [-0.2, 0) is 13.6 Å². The lowest BCUT2D eigenvalue weighted by Crippen LogP contribution is -2.41. The fourth-order valence-electron chi connectivity index (χ4n) is 2.20. The van der Waals surface area contributed by atoms with Crippen LogP contribution in [0.15, 0.2) is 29.3 Å². The van der Waals surface area contributed by atoms with Gasteiger partial charge < -0.3 is 24.7 Å². The first-order chi connectivity index (χ1) is 12.0. The Morgan fingerprint density at radius 3 is 2.50 bits per heavy atom. The molecule has 9 heteroatoms. The van der Waals surface area contributed by atoms with Crippen molar-refractivity contribution in [2.24, 2.45) is 12.0 Å². The summed E-state index contributed by atoms with van der Waals surface area (Å²) in [5.74, 6) is 3.83. The topological polar surface area (TPSA) is 85.6 Å². The van der Waals surface area contributed by atoms with E-state index in [1.165, 1.54) is 0 Å². The van der Waals surface area contributed by atoms with E-state index in [0.717, 1.165) is 23.1 Å². The van der Waals surface area contributed by atoms with Gasteiger partial charge in [-0.3, -0.25) is 4.99 Å². The summed E-state index contributed by atoms with van der Waals surface area (Å²) < 4.78 is 13.2. The summed E-state index contributed by atoms with van der Waals surface area (Å²) in [5.41, 5.74) is 0. The largest absolute Gasteiger partial charge is 0.493 e. The maximum atomic E-state index is 5.92. The minimum absolute atomic E-state index is 0. The van der Waals surface area contributed by atoms with E-state index in [1.807, 2.05) is 49.7 Å². The summed E-state index contributed by atoms with van der Waals surface area (Å²) in [6.45, 7) is 5.04. The zero-order chi connectivity index (χ0) is 18.2. The Balaban J connectivity index is 0.00000338. The highest BCUT2D eigenvalue weighted by Gasteiger charge is 2.10. The van der Waals surface area contributed by atoms with Crippen LogP contribution < -0.4 is 20.1 Å². The summed E-state index contributed by atoms with van der Waals surface area (Å²) in [6.07, 6.45) is -0.0630. The molecule has 1 unspecified atom stereocenters. The first kappa shape index (κ1) is 22.0. The zero-order valence-corrected chi connectivity index (χ0v) is 18.1. The zero-order valence-electron chi connectivity index (χ0n) is 15.8. The van der Waals surface area contributed by atoms with Gasteiger partial charge in [0.05, 0.1) is 20.2 Å². The molecule has 2 N–H and O–H groups in total. The fourth-order valence-corrected chi connectivity index (χ4v) is 2.20. The van der Waals surface area contributed by atoms with Crippen LogP contribution in [-0.4, -0.2) is 47.5 Å². The van der Waals surface area contributed by atoms with Gasteiger partial charge >= 0.3 is 0 Å². The van der Waals surface area contributed by atoms with Crippen LogP contribution in [0.5, 0.6) is 11.5 Å². The molecule has 1 heterocycles. The van der Waals surface area contributed by atoms with Gasteiger partial charge in [0.2, 0.25) is 0 Å². The Kier molecular flexibility index (Phi) is 9.17. The Labute approximate surface area is 171 Å². The molecule has 0 spiro atoms. The third-order valence-electron chi connectivity index (χ3n) is 3.77. The smallest absolute Gasteiger partial charge is 0.191 e. The van der Waals surface area contributed by atoms with Crippen LogP contribution in [0.4, 0.5) is 0 Å². The number of aryl methyl sites for hydroxylation is 1. The third-order valence-corrected chi connectivity index (χ3v) is 3.77. The molecule has 0 aliphatic carbocycles. The van der Waals surface area contributed by atoms with Crippen LogP contribution in [0.25, 0.3) is 0 Å². The van der Waals surface area contributed by atoms with Gasteiger partial charge in [-0.2, -0.15) is 0 Å². The van der Waals surface area contributed by atoms with Crippen molar-refractivity contribution in [3.05, 3.63) is 35.9 Å². The van der Waals surface area contributed by atoms with Gasteiger partial charge in [-0.15, -0.1) is 34.2 Å². The lowest BCUT2D eigenvalue weighted by molar-refractivity contribution is 0.213. The predicted molar refractivity (Wildman–Crippen MR) is 112 cm³/mol. The van der Waals surface area contributed by atoms with E-state index in [4.69, 9.17) is 9.47 Å². The van der Waals surface area contributed by atoms with E-state index in [-0.39, 0.29) is 30.1 Å². The highest BCUT2D eigenvalue weighted by Crippen LogP contribution is 2.26. The number of ether oxygens (including phenoxy) is 2. The Bertz CT molecular complexity index is 719. The van der Waals surface area contributed by atoms with Gasteiger partial charge in [0.15, 0.2) is 23.3 Å². The number of rotatable bonds is 7. The molecular weight excluding hydrogens is 447 g/mol. The van der Waals surface area contributed by atoms with Crippen molar-refractivity contribution in [3.63, 3.8) is 0 Å². The Morgan fingerprint density at radius 1 is 1.23 bits per heavy atom. The number of hydrogen-bond acceptors (Lipinski definition) is 5. The summed E-state index contributed by atoms with van der Waals surface area (Å²) in [5, 5.41) is 14.6. The summed E-state index contributed by atoms with van der Waals surface area (Å²) in [4.78, 5) is 4.21. The molecule has 1 aromatic heterocycles. The average molecular weight is 474 g/mol. The molecule has 1 aromatic carbocycles. The molecule has 1 atom stereocenters. The van der Waals surface area contributed by atoms with Gasteiger partial charge in [0.1, 0.15) is 11.9 Å². The van der Waals surface area contributed by atoms with Crippen molar-refractivity contribution in [1.82, 2.24) is 25.4 Å². The van der Waals surface area contributed by atoms with Crippen molar-refractivity contribution in [3.8, 4) is 11.5 Å². The number of halogens is 1. The van der Waals surface area contributed by atoms with Crippen LogP contribution in [0, 0.1) is 6.92 Å². The number of nitrogens with zero attached hydrogens (tertiary/aromatic N) is 4. The normalized spacial score (nSPS) is 12.1. The molecule has 26 heavy (non-hydrogen) atoms. The highest BCUT2D eigenvalue weighted by atomic mass is 127. The number of para-hydroxylation sites is 2. The minimum atomic E-state index is -0.0630. The lowest BCUT2D eigenvalue weighted by atomic mass is 10.3. The molecule has 0 amide bonds. The molecule has 0 saturated carbocycles. The number of benzene rings is 1. The average Bonchev–Trinajstić information content (AvgIpc) is 2.94. The molecular formula is C17H27IN6O2. The number of nitrogens with one attached hydrogen (secondary N) is 2. The molecule has 0 radical (unpaired) electrons. The second kappa shape index (κ2) is 10.8. The van der Waals surface area contributed by atoms with Crippen LogP contribution in [0.3, 0.4) is 0 Å². The maximum absolute atomic E-state index is 5.92.